The number of carbonyl (C=O) groups excluding carboxylic acids is 1. The molecule has 1 aliphatic heterocycles. The molecule has 0 aliphatic carbocycles. The van der Waals surface area contributed by atoms with Gasteiger partial charge < -0.3 is 24.4 Å². The quantitative estimate of drug-likeness (QED) is 0.715. The van der Waals surface area contributed by atoms with Crippen molar-refractivity contribution in [1.29, 1.82) is 0 Å². The van der Waals surface area contributed by atoms with Gasteiger partial charge in [-0.15, -0.1) is 0 Å². The molecule has 3 rings (SSSR count). The minimum atomic E-state index is -0.384. The second kappa shape index (κ2) is 9.25. The fourth-order valence-corrected chi connectivity index (χ4v) is 3.54. The average molecular weight is 453 g/mol. The standard InChI is InChI=1S/C20H22BrFN2O4/c1-3-28-19-15(21)10-13(11-18(19)26-2)20(25)23-14-4-5-17(16(22)12-14)24-6-8-27-9-7-24/h4-5,10-12H,3,6-9H2,1-2H3,(H,23,25). The van der Waals surface area contributed by atoms with Crippen LogP contribution in [0.25, 0.3) is 0 Å². The number of ether oxygens (including phenoxy) is 3. The van der Waals surface area contributed by atoms with Crippen LogP contribution >= 0.6 is 15.9 Å². The molecule has 2 aromatic carbocycles. The van der Waals surface area contributed by atoms with Gasteiger partial charge in [0.25, 0.3) is 5.91 Å². The van der Waals surface area contributed by atoms with E-state index in [2.05, 4.69) is 21.2 Å². The monoisotopic (exact) mass is 452 g/mol. The lowest BCUT2D eigenvalue weighted by molar-refractivity contribution is 0.102. The third-order valence-corrected chi connectivity index (χ3v) is 4.93. The van der Waals surface area contributed by atoms with E-state index in [0.29, 0.717) is 65.8 Å². The minimum absolute atomic E-state index is 0.366. The summed E-state index contributed by atoms with van der Waals surface area (Å²) in [4.78, 5) is 14.6. The molecule has 6 nitrogen and oxygen atoms in total. The molecule has 1 saturated heterocycles. The molecule has 150 valence electrons. The Morgan fingerprint density at radius 1 is 1.29 bits per heavy atom. The highest BCUT2D eigenvalue weighted by Gasteiger charge is 2.18. The Kier molecular flexibility index (Phi) is 6.74. The summed E-state index contributed by atoms with van der Waals surface area (Å²) in [6.07, 6.45) is 0. The van der Waals surface area contributed by atoms with Crippen LogP contribution in [0.5, 0.6) is 11.5 Å². The van der Waals surface area contributed by atoms with Crippen LogP contribution in [0, 0.1) is 5.82 Å². The van der Waals surface area contributed by atoms with Gasteiger partial charge >= 0.3 is 0 Å². The van der Waals surface area contributed by atoms with Crippen molar-refractivity contribution in [2.45, 2.75) is 6.92 Å². The highest BCUT2D eigenvalue weighted by molar-refractivity contribution is 9.10. The van der Waals surface area contributed by atoms with Gasteiger partial charge in [0.2, 0.25) is 0 Å². The third-order valence-electron chi connectivity index (χ3n) is 4.34. The summed E-state index contributed by atoms with van der Waals surface area (Å²) < 4.78 is 31.3. The average Bonchev–Trinajstić information content (AvgIpc) is 2.70. The van der Waals surface area contributed by atoms with Gasteiger partial charge in [0.15, 0.2) is 11.5 Å². The maximum absolute atomic E-state index is 14.5. The van der Waals surface area contributed by atoms with Crippen molar-refractivity contribution in [3.63, 3.8) is 0 Å². The van der Waals surface area contributed by atoms with Gasteiger partial charge in [-0.25, -0.2) is 4.39 Å². The van der Waals surface area contributed by atoms with Crippen LogP contribution in [0.4, 0.5) is 15.8 Å². The molecule has 0 unspecified atom stereocenters. The fourth-order valence-electron chi connectivity index (χ4n) is 2.98. The van der Waals surface area contributed by atoms with Gasteiger partial charge in [-0.2, -0.15) is 0 Å². The number of benzene rings is 2. The molecule has 0 saturated carbocycles. The van der Waals surface area contributed by atoms with Crippen LogP contribution in [0.1, 0.15) is 17.3 Å². The number of amides is 1. The van der Waals surface area contributed by atoms with E-state index in [1.54, 1.807) is 24.3 Å². The number of nitrogens with zero attached hydrogens (tertiary/aromatic N) is 1. The minimum Gasteiger partial charge on any atom is -0.493 e. The zero-order valence-corrected chi connectivity index (χ0v) is 17.3. The molecule has 1 heterocycles. The molecule has 28 heavy (non-hydrogen) atoms. The maximum atomic E-state index is 14.5. The van der Waals surface area contributed by atoms with Gasteiger partial charge in [-0.3, -0.25) is 4.79 Å². The van der Waals surface area contributed by atoms with Gasteiger partial charge in [-0.05, 0) is 53.2 Å². The largest absolute Gasteiger partial charge is 0.493 e. The lowest BCUT2D eigenvalue weighted by atomic mass is 10.1. The zero-order chi connectivity index (χ0) is 20.1. The van der Waals surface area contributed by atoms with E-state index in [9.17, 15) is 9.18 Å². The van der Waals surface area contributed by atoms with Gasteiger partial charge in [0.05, 0.1) is 37.1 Å². The molecule has 0 radical (unpaired) electrons. The lowest BCUT2D eigenvalue weighted by Gasteiger charge is -2.29. The van der Waals surface area contributed by atoms with Crippen molar-refractivity contribution in [3.8, 4) is 11.5 Å². The summed E-state index contributed by atoms with van der Waals surface area (Å²) in [6, 6.07) is 7.91. The van der Waals surface area contributed by atoms with Crippen LogP contribution in [0.15, 0.2) is 34.8 Å². The molecule has 1 amide bonds. The highest BCUT2D eigenvalue weighted by Crippen LogP contribution is 2.37. The lowest BCUT2D eigenvalue weighted by Crippen LogP contribution is -2.36. The van der Waals surface area contributed by atoms with Gasteiger partial charge in [-0.1, -0.05) is 0 Å². The summed E-state index contributed by atoms with van der Waals surface area (Å²) >= 11 is 3.40. The molecule has 0 aromatic heterocycles. The number of hydrogen-bond acceptors (Lipinski definition) is 5. The van der Waals surface area contributed by atoms with Crippen molar-refractivity contribution in [1.82, 2.24) is 0 Å². The number of halogens is 2. The first kappa shape index (κ1) is 20.4. The highest BCUT2D eigenvalue weighted by atomic mass is 79.9. The molecular weight excluding hydrogens is 431 g/mol. The second-order valence-electron chi connectivity index (χ2n) is 6.14. The molecule has 1 N–H and O–H groups in total. The Labute approximate surface area is 171 Å². The summed E-state index contributed by atoms with van der Waals surface area (Å²) in [5.41, 5.74) is 1.25. The Bertz CT molecular complexity index is 856. The predicted molar refractivity (Wildman–Crippen MR) is 109 cm³/mol. The first-order valence-electron chi connectivity index (χ1n) is 8.97. The molecule has 8 heteroatoms. The second-order valence-corrected chi connectivity index (χ2v) is 7.00. The van der Waals surface area contributed by atoms with Crippen LogP contribution in [0.3, 0.4) is 0 Å². The number of morpholine rings is 1. The van der Waals surface area contributed by atoms with Gasteiger partial charge in [0.1, 0.15) is 5.82 Å². The van der Waals surface area contributed by atoms with Gasteiger partial charge in [0, 0.05) is 24.3 Å². The smallest absolute Gasteiger partial charge is 0.255 e. The third kappa shape index (κ3) is 4.56. The van der Waals surface area contributed by atoms with Crippen LogP contribution in [-0.4, -0.2) is 45.9 Å². The van der Waals surface area contributed by atoms with Crippen LogP contribution in [-0.2, 0) is 4.74 Å². The first-order valence-corrected chi connectivity index (χ1v) is 9.76. The Balaban J connectivity index is 1.77. The number of nitrogens with one attached hydrogen (secondary N) is 1. The fraction of sp³-hybridized carbons (Fsp3) is 0.350. The summed E-state index contributed by atoms with van der Waals surface area (Å²) in [6.45, 7) is 4.76. The number of rotatable bonds is 6. The Morgan fingerprint density at radius 2 is 2.04 bits per heavy atom. The van der Waals surface area contributed by atoms with E-state index >= 15 is 0 Å². The van der Waals surface area contributed by atoms with Crippen LogP contribution in [0.2, 0.25) is 0 Å². The maximum Gasteiger partial charge on any atom is 0.255 e. The van der Waals surface area contributed by atoms with Crippen molar-refractivity contribution >= 4 is 33.2 Å². The van der Waals surface area contributed by atoms with E-state index < -0.39 is 0 Å². The van der Waals surface area contributed by atoms with Crippen molar-refractivity contribution in [2.24, 2.45) is 0 Å². The van der Waals surface area contributed by atoms with E-state index in [0.717, 1.165) is 0 Å². The van der Waals surface area contributed by atoms with Crippen molar-refractivity contribution < 1.29 is 23.4 Å². The number of anilines is 2. The summed E-state index contributed by atoms with van der Waals surface area (Å²) in [5.74, 6) is 0.211. The number of methoxy groups -OCH3 is 1. The van der Waals surface area contributed by atoms with Crippen molar-refractivity contribution in [2.75, 3.05) is 50.2 Å². The molecule has 1 fully saturated rings. The van der Waals surface area contributed by atoms with E-state index in [1.807, 2.05) is 11.8 Å². The molecule has 0 spiro atoms. The van der Waals surface area contributed by atoms with E-state index in [-0.39, 0.29) is 11.7 Å². The molecule has 0 atom stereocenters. The first-order chi connectivity index (χ1) is 13.5. The number of carbonyl (C=O) groups is 1. The summed E-state index contributed by atoms with van der Waals surface area (Å²) in [7, 11) is 1.51. The van der Waals surface area contributed by atoms with E-state index in [1.165, 1.54) is 13.2 Å². The van der Waals surface area contributed by atoms with Crippen LogP contribution < -0.4 is 19.7 Å². The molecule has 1 aliphatic rings. The number of hydrogen-bond donors (Lipinski definition) is 1. The Morgan fingerprint density at radius 3 is 2.68 bits per heavy atom. The van der Waals surface area contributed by atoms with Crippen molar-refractivity contribution in [3.05, 3.63) is 46.2 Å². The normalized spacial score (nSPS) is 13.9. The topological polar surface area (TPSA) is 60.0 Å². The SMILES string of the molecule is CCOc1c(Br)cc(C(=O)Nc2ccc(N3CCOCC3)c(F)c2)cc1OC. The summed E-state index contributed by atoms with van der Waals surface area (Å²) in [5, 5.41) is 2.72. The predicted octanol–water partition coefficient (Wildman–Crippen LogP) is 4.08. The molecular formula is C20H22BrFN2O4. The molecule has 0 bridgehead atoms. The Hall–Kier alpha value is -2.32. The zero-order valence-electron chi connectivity index (χ0n) is 15.8. The van der Waals surface area contributed by atoms with E-state index in [4.69, 9.17) is 14.2 Å². The molecule has 2 aromatic rings.